The number of hydrogen-bond donors (Lipinski definition) is 1. The summed E-state index contributed by atoms with van der Waals surface area (Å²) in [7, 11) is 0. The second kappa shape index (κ2) is 5.24. The minimum atomic E-state index is 0.373. The molecule has 0 spiro atoms. The highest BCUT2D eigenvalue weighted by Gasteiger charge is 2.42. The van der Waals surface area contributed by atoms with E-state index in [-0.39, 0.29) is 0 Å². The van der Waals surface area contributed by atoms with Crippen LogP contribution in [0.1, 0.15) is 31.7 Å². The van der Waals surface area contributed by atoms with Gasteiger partial charge < -0.3 is 5.73 Å². The summed E-state index contributed by atoms with van der Waals surface area (Å²) in [6.45, 7) is 4.47. The van der Waals surface area contributed by atoms with Gasteiger partial charge in [-0.05, 0) is 29.1 Å². The molecule has 1 fully saturated rings. The number of rotatable bonds is 5. The van der Waals surface area contributed by atoms with Crippen LogP contribution in [-0.2, 0) is 0 Å². The molecule has 3 atom stereocenters. The summed E-state index contributed by atoms with van der Waals surface area (Å²) in [6.07, 6.45) is 1.28. The lowest BCUT2D eigenvalue weighted by atomic mass is 10.1. The van der Waals surface area contributed by atoms with E-state index in [4.69, 9.17) is 5.73 Å². The Morgan fingerprint density at radius 2 is 2.00 bits per heavy atom. The molecule has 88 valence electrons. The molecular weight excluding hydrogens is 214 g/mol. The van der Waals surface area contributed by atoms with Crippen LogP contribution in [0, 0.1) is 5.92 Å². The standard InChI is InChI=1S/C14H21NS/c1-10(2)16-9-14(15)13-8-12(13)11-6-4-3-5-7-11/h3-7,10,12-14H,8-9,15H2,1-2H3. The van der Waals surface area contributed by atoms with Crippen LogP contribution in [0.15, 0.2) is 30.3 Å². The molecule has 1 nitrogen and oxygen atoms in total. The van der Waals surface area contributed by atoms with Crippen LogP contribution in [0.2, 0.25) is 0 Å². The van der Waals surface area contributed by atoms with Gasteiger partial charge in [0.2, 0.25) is 0 Å². The molecule has 0 heterocycles. The van der Waals surface area contributed by atoms with Crippen molar-refractivity contribution in [3.63, 3.8) is 0 Å². The van der Waals surface area contributed by atoms with Crippen LogP contribution < -0.4 is 5.73 Å². The van der Waals surface area contributed by atoms with Gasteiger partial charge in [-0.1, -0.05) is 44.2 Å². The van der Waals surface area contributed by atoms with E-state index >= 15 is 0 Å². The number of thioether (sulfide) groups is 1. The monoisotopic (exact) mass is 235 g/mol. The van der Waals surface area contributed by atoms with E-state index in [9.17, 15) is 0 Å². The third-order valence-corrected chi connectivity index (χ3v) is 4.48. The highest BCUT2D eigenvalue weighted by atomic mass is 32.2. The molecule has 1 aromatic rings. The lowest BCUT2D eigenvalue weighted by Crippen LogP contribution is -2.26. The Kier molecular flexibility index (Phi) is 3.93. The maximum Gasteiger partial charge on any atom is 0.0165 e. The van der Waals surface area contributed by atoms with E-state index < -0.39 is 0 Å². The molecule has 2 heteroatoms. The van der Waals surface area contributed by atoms with Crippen LogP contribution in [0.5, 0.6) is 0 Å². The molecule has 0 saturated heterocycles. The largest absolute Gasteiger partial charge is 0.327 e. The van der Waals surface area contributed by atoms with Gasteiger partial charge in [0.1, 0.15) is 0 Å². The van der Waals surface area contributed by atoms with Crippen LogP contribution in [0.25, 0.3) is 0 Å². The summed E-state index contributed by atoms with van der Waals surface area (Å²) in [5, 5.41) is 0.694. The molecule has 1 aromatic carbocycles. The maximum absolute atomic E-state index is 6.23. The third-order valence-electron chi connectivity index (χ3n) is 3.24. The number of nitrogens with two attached hydrogens (primary N) is 1. The molecule has 2 rings (SSSR count). The molecule has 0 radical (unpaired) electrons. The number of benzene rings is 1. The summed E-state index contributed by atoms with van der Waals surface area (Å²) in [5.41, 5.74) is 7.70. The summed E-state index contributed by atoms with van der Waals surface area (Å²) in [6, 6.07) is 11.2. The number of hydrogen-bond acceptors (Lipinski definition) is 2. The molecule has 2 N–H and O–H groups in total. The van der Waals surface area contributed by atoms with Crippen molar-refractivity contribution >= 4 is 11.8 Å². The molecule has 0 amide bonds. The Morgan fingerprint density at radius 3 is 2.62 bits per heavy atom. The van der Waals surface area contributed by atoms with Crippen molar-refractivity contribution in [2.45, 2.75) is 37.5 Å². The van der Waals surface area contributed by atoms with E-state index in [1.807, 2.05) is 11.8 Å². The molecular formula is C14H21NS. The van der Waals surface area contributed by atoms with Crippen LogP contribution in [0.3, 0.4) is 0 Å². The van der Waals surface area contributed by atoms with E-state index in [1.165, 1.54) is 12.0 Å². The predicted molar refractivity (Wildman–Crippen MR) is 72.9 cm³/mol. The normalized spacial score (nSPS) is 25.8. The highest BCUT2D eigenvalue weighted by molar-refractivity contribution is 7.99. The summed E-state index contributed by atoms with van der Waals surface area (Å²) >= 11 is 1.98. The summed E-state index contributed by atoms with van der Waals surface area (Å²) in [5.74, 6) is 2.55. The predicted octanol–water partition coefficient (Wildman–Crippen LogP) is 3.26. The van der Waals surface area contributed by atoms with Crippen LogP contribution in [-0.4, -0.2) is 17.0 Å². The SMILES string of the molecule is CC(C)SCC(N)C1CC1c1ccccc1. The fourth-order valence-electron chi connectivity index (χ4n) is 2.20. The second-order valence-corrected chi connectivity index (χ2v) is 6.57. The van der Waals surface area contributed by atoms with Gasteiger partial charge in [-0.3, -0.25) is 0 Å². The third kappa shape index (κ3) is 3.02. The fourth-order valence-corrected chi connectivity index (χ4v) is 3.05. The zero-order valence-corrected chi connectivity index (χ0v) is 10.9. The molecule has 1 saturated carbocycles. The zero-order valence-electron chi connectivity index (χ0n) is 10.1. The van der Waals surface area contributed by atoms with Gasteiger partial charge in [-0.25, -0.2) is 0 Å². The lowest BCUT2D eigenvalue weighted by molar-refractivity contribution is 0.639. The van der Waals surface area contributed by atoms with Gasteiger partial charge >= 0.3 is 0 Å². The Morgan fingerprint density at radius 1 is 1.31 bits per heavy atom. The highest BCUT2D eigenvalue weighted by Crippen LogP contribution is 2.49. The Bertz CT molecular complexity index is 323. The van der Waals surface area contributed by atoms with Crippen molar-refractivity contribution in [3.8, 4) is 0 Å². The first-order chi connectivity index (χ1) is 7.68. The molecule has 0 aliphatic heterocycles. The van der Waals surface area contributed by atoms with Gasteiger partial charge in [0.05, 0.1) is 0 Å². The van der Waals surface area contributed by atoms with E-state index in [1.54, 1.807) is 0 Å². The zero-order chi connectivity index (χ0) is 11.5. The van der Waals surface area contributed by atoms with Crippen molar-refractivity contribution in [2.24, 2.45) is 11.7 Å². The van der Waals surface area contributed by atoms with Gasteiger partial charge in [-0.15, -0.1) is 0 Å². The van der Waals surface area contributed by atoms with E-state index in [0.717, 1.165) is 11.7 Å². The molecule has 0 aromatic heterocycles. The first-order valence-corrected chi connectivity index (χ1v) is 7.15. The summed E-state index contributed by atoms with van der Waals surface area (Å²) < 4.78 is 0. The first-order valence-electron chi connectivity index (χ1n) is 6.10. The summed E-state index contributed by atoms with van der Waals surface area (Å²) in [4.78, 5) is 0. The lowest BCUT2D eigenvalue weighted by Gasteiger charge is -2.12. The molecule has 1 aliphatic rings. The first kappa shape index (κ1) is 12.0. The minimum absolute atomic E-state index is 0.373. The Hall–Kier alpha value is -0.470. The van der Waals surface area contributed by atoms with E-state index in [2.05, 4.69) is 44.2 Å². The maximum atomic E-state index is 6.23. The molecule has 16 heavy (non-hydrogen) atoms. The van der Waals surface area contributed by atoms with Gasteiger partial charge in [0.25, 0.3) is 0 Å². The van der Waals surface area contributed by atoms with Gasteiger partial charge in [-0.2, -0.15) is 11.8 Å². The second-order valence-electron chi connectivity index (χ2n) is 4.96. The fraction of sp³-hybridized carbons (Fsp3) is 0.571. The van der Waals surface area contributed by atoms with Gasteiger partial charge in [0.15, 0.2) is 0 Å². The average Bonchev–Trinajstić information content (AvgIpc) is 3.07. The van der Waals surface area contributed by atoms with Crippen LogP contribution >= 0.6 is 11.8 Å². The van der Waals surface area contributed by atoms with E-state index in [0.29, 0.717) is 17.2 Å². The topological polar surface area (TPSA) is 26.0 Å². The van der Waals surface area contributed by atoms with Crippen molar-refractivity contribution < 1.29 is 0 Å². The molecule has 3 unspecified atom stereocenters. The Labute approximate surface area is 103 Å². The van der Waals surface area contributed by atoms with Crippen molar-refractivity contribution in [1.29, 1.82) is 0 Å². The Balaban J connectivity index is 1.82. The van der Waals surface area contributed by atoms with Crippen LogP contribution in [0.4, 0.5) is 0 Å². The quantitative estimate of drug-likeness (QED) is 0.847. The average molecular weight is 235 g/mol. The molecule has 0 bridgehead atoms. The van der Waals surface area contributed by atoms with Gasteiger partial charge in [0, 0.05) is 11.8 Å². The molecule has 1 aliphatic carbocycles. The van der Waals surface area contributed by atoms with Crippen molar-refractivity contribution in [1.82, 2.24) is 0 Å². The van der Waals surface area contributed by atoms with Crippen molar-refractivity contribution in [3.05, 3.63) is 35.9 Å². The smallest absolute Gasteiger partial charge is 0.0165 e. The minimum Gasteiger partial charge on any atom is -0.327 e. The van der Waals surface area contributed by atoms with Crippen molar-refractivity contribution in [2.75, 3.05) is 5.75 Å².